The van der Waals surface area contributed by atoms with Gasteiger partial charge in [-0.05, 0) is 37.5 Å². The van der Waals surface area contributed by atoms with Crippen LogP contribution in [0.4, 0.5) is 0 Å². The highest BCUT2D eigenvalue weighted by molar-refractivity contribution is 7.22. The quantitative estimate of drug-likeness (QED) is 0.216. The summed E-state index contributed by atoms with van der Waals surface area (Å²) in [6.07, 6.45) is 1.97. The Kier molecular flexibility index (Phi) is 5.35. The fraction of sp³-hybridized carbons (Fsp3) is 0.143. The zero-order valence-electron chi connectivity index (χ0n) is 18.7. The molecule has 0 atom stereocenters. The van der Waals surface area contributed by atoms with Gasteiger partial charge in [0.2, 0.25) is 5.78 Å². The molecule has 33 heavy (non-hydrogen) atoms. The summed E-state index contributed by atoms with van der Waals surface area (Å²) < 4.78 is 8.16. The van der Waals surface area contributed by atoms with Crippen molar-refractivity contribution in [3.05, 3.63) is 100 Å². The predicted molar refractivity (Wildman–Crippen MR) is 134 cm³/mol. The van der Waals surface area contributed by atoms with E-state index < -0.39 is 0 Å². The van der Waals surface area contributed by atoms with Crippen LogP contribution in [0.2, 0.25) is 0 Å². The van der Waals surface area contributed by atoms with Crippen LogP contribution in [0.3, 0.4) is 0 Å². The lowest BCUT2D eigenvalue weighted by Crippen LogP contribution is -2.08. The Morgan fingerprint density at radius 2 is 1.64 bits per heavy atom. The van der Waals surface area contributed by atoms with E-state index in [0.717, 1.165) is 37.9 Å². The second-order valence-electron chi connectivity index (χ2n) is 8.06. The van der Waals surface area contributed by atoms with E-state index in [1.165, 1.54) is 11.3 Å². The number of aryl methyl sites for hydroxylation is 2. The summed E-state index contributed by atoms with van der Waals surface area (Å²) in [5, 5.41) is 0.922. The summed E-state index contributed by atoms with van der Waals surface area (Å²) in [6.45, 7) is 6.14. The van der Waals surface area contributed by atoms with Crippen molar-refractivity contribution in [2.75, 3.05) is 6.61 Å². The van der Waals surface area contributed by atoms with Gasteiger partial charge >= 0.3 is 5.97 Å². The van der Waals surface area contributed by atoms with Crippen molar-refractivity contribution in [2.45, 2.75) is 20.8 Å². The van der Waals surface area contributed by atoms with E-state index >= 15 is 0 Å². The Morgan fingerprint density at radius 1 is 0.970 bits per heavy atom. The molecule has 3 aromatic heterocycles. The molecule has 4 nitrogen and oxygen atoms in total. The minimum Gasteiger partial charge on any atom is -0.461 e. The molecular formula is C28H23NO3S. The van der Waals surface area contributed by atoms with Crippen molar-refractivity contribution in [1.82, 2.24) is 4.40 Å². The van der Waals surface area contributed by atoms with Gasteiger partial charge in [0.25, 0.3) is 0 Å². The van der Waals surface area contributed by atoms with E-state index in [0.29, 0.717) is 16.1 Å². The van der Waals surface area contributed by atoms with Crippen molar-refractivity contribution >= 4 is 38.7 Å². The molecular weight excluding hydrogens is 430 g/mol. The maximum absolute atomic E-state index is 13.7. The molecule has 3 heterocycles. The number of carbonyl (C=O) groups excluding carboxylic acids is 2. The van der Waals surface area contributed by atoms with Crippen LogP contribution in [-0.2, 0) is 4.74 Å². The Labute approximate surface area is 196 Å². The lowest BCUT2D eigenvalue weighted by Gasteiger charge is -2.09. The molecule has 0 saturated carbocycles. The highest BCUT2D eigenvalue weighted by Gasteiger charge is 2.29. The van der Waals surface area contributed by atoms with Gasteiger partial charge in [0.1, 0.15) is 5.69 Å². The van der Waals surface area contributed by atoms with Crippen LogP contribution in [0, 0.1) is 13.8 Å². The molecule has 0 fully saturated rings. The minimum atomic E-state index is -0.382. The standard InChI is InChI=1S/C28H23NO3S/c1-4-32-28(31)24-26-22(23-18(3)15-17(2)16-29(23)24)21(19-11-7-5-8-12-19)27(33-26)25(30)20-13-9-6-10-14-20/h5-16H,4H2,1-3H3. The van der Waals surface area contributed by atoms with Gasteiger partial charge < -0.3 is 9.14 Å². The maximum Gasteiger partial charge on any atom is 0.356 e. The summed E-state index contributed by atoms with van der Waals surface area (Å²) >= 11 is 1.37. The molecule has 0 aliphatic heterocycles. The molecule has 0 bridgehead atoms. The van der Waals surface area contributed by atoms with E-state index in [1.807, 2.05) is 85.1 Å². The molecule has 5 aromatic rings. The molecule has 2 aromatic carbocycles. The number of benzene rings is 2. The summed E-state index contributed by atoms with van der Waals surface area (Å²) in [5.41, 5.74) is 5.94. The first-order valence-corrected chi connectivity index (χ1v) is 11.7. The highest BCUT2D eigenvalue weighted by atomic mass is 32.1. The number of aromatic nitrogens is 1. The molecule has 0 spiro atoms. The topological polar surface area (TPSA) is 47.8 Å². The van der Waals surface area contributed by atoms with Crippen LogP contribution in [-0.4, -0.2) is 22.8 Å². The van der Waals surface area contributed by atoms with Gasteiger partial charge in [0, 0.05) is 22.7 Å². The van der Waals surface area contributed by atoms with Crippen molar-refractivity contribution in [3.8, 4) is 11.1 Å². The monoisotopic (exact) mass is 453 g/mol. The molecule has 5 heteroatoms. The number of thiophene rings is 1. The zero-order valence-corrected chi connectivity index (χ0v) is 19.5. The molecule has 164 valence electrons. The molecule has 0 aliphatic rings. The number of carbonyl (C=O) groups is 2. The van der Waals surface area contributed by atoms with Gasteiger partial charge in [-0.3, -0.25) is 4.79 Å². The van der Waals surface area contributed by atoms with Crippen molar-refractivity contribution < 1.29 is 14.3 Å². The average Bonchev–Trinajstić information content (AvgIpc) is 3.34. The Balaban J connectivity index is 1.94. The third kappa shape index (κ3) is 3.45. The predicted octanol–water partition coefficient (Wildman–Crippen LogP) is 6.85. The Morgan fingerprint density at radius 3 is 2.30 bits per heavy atom. The third-order valence-electron chi connectivity index (χ3n) is 5.77. The molecule has 0 aliphatic carbocycles. The first-order valence-electron chi connectivity index (χ1n) is 10.9. The maximum atomic E-state index is 13.7. The number of pyridine rings is 1. The van der Waals surface area contributed by atoms with Gasteiger partial charge in [-0.15, -0.1) is 11.3 Å². The number of esters is 1. The van der Waals surface area contributed by atoms with Crippen LogP contribution in [0.15, 0.2) is 72.9 Å². The van der Waals surface area contributed by atoms with Crippen LogP contribution in [0.5, 0.6) is 0 Å². The zero-order chi connectivity index (χ0) is 23.1. The van der Waals surface area contributed by atoms with Crippen molar-refractivity contribution in [2.24, 2.45) is 0 Å². The fourth-order valence-electron chi connectivity index (χ4n) is 4.48. The summed E-state index contributed by atoms with van der Waals surface area (Å²) in [7, 11) is 0. The summed E-state index contributed by atoms with van der Waals surface area (Å²) in [6, 6.07) is 21.3. The number of hydrogen-bond acceptors (Lipinski definition) is 4. The van der Waals surface area contributed by atoms with E-state index in [4.69, 9.17) is 4.74 Å². The van der Waals surface area contributed by atoms with Crippen LogP contribution < -0.4 is 0 Å². The fourth-order valence-corrected chi connectivity index (χ4v) is 5.80. The molecule has 0 unspecified atom stereocenters. The molecule has 0 amide bonds. The van der Waals surface area contributed by atoms with Gasteiger partial charge in [0.05, 0.1) is 21.7 Å². The number of nitrogens with zero attached hydrogens (tertiary/aromatic N) is 1. The number of ether oxygens (including phenoxy) is 1. The normalized spacial score (nSPS) is 11.2. The summed E-state index contributed by atoms with van der Waals surface area (Å²) in [5.74, 6) is -0.430. The van der Waals surface area contributed by atoms with E-state index in [9.17, 15) is 9.59 Å². The number of hydrogen-bond donors (Lipinski definition) is 0. The molecule has 5 rings (SSSR count). The number of rotatable bonds is 5. The number of fused-ring (bicyclic) bond motifs is 3. The van der Waals surface area contributed by atoms with Gasteiger partial charge in [-0.2, -0.15) is 0 Å². The molecule has 0 saturated heterocycles. The highest BCUT2D eigenvalue weighted by Crippen LogP contribution is 2.46. The average molecular weight is 454 g/mol. The Bertz CT molecular complexity index is 1510. The minimum absolute atomic E-state index is 0.0478. The third-order valence-corrected chi connectivity index (χ3v) is 6.96. The van der Waals surface area contributed by atoms with Gasteiger partial charge in [0.15, 0.2) is 0 Å². The molecule has 0 radical (unpaired) electrons. The lowest BCUT2D eigenvalue weighted by molar-refractivity contribution is 0.0521. The van der Waals surface area contributed by atoms with Crippen LogP contribution in [0.25, 0.3) is 26.7 Å². The van der Waals surface area contributed by atoms with Crippen molar-refractivity contribution in [3.63, 3.8) is 0 Å². The van der Waals surface area contributed by atoms with Gasteiger partial charge in [-0.1, -0.05) is 66.7 Å². The van der Waals surface area contributed by atoms with Gasteiger partial charge in [-0.25, -0.2) is 4.79 Å². The van der Waals surface area contributed by atoms with E-state index in [1.54, 1.807) is 6.92 Å². The molecule has 0 N–H and O–H groups in total. The first-order chi connectivity index (χ1) is 16.0. The second kappa shape index (κ2) is 8.34. The van der Waals surface area contributed by atoms with Crippen LogP contribution >= 0.6 is 11.3 Å². The summed E-state index contributed by atoms with van der Waals surface area (Å²) in [4.78, 5) is 27.4. The van der Waals surface area contributed by atoms with Crippen LogP contribution in [0.1, 0.15) is 43.8 Å². The van der Waals surface area contributed by atoms with Crippen molar-refractivity contribution in [1.29, 1.82) is 0 Å². The lowest BCUT2D eigenvalue weighted by atomic mass is 9.98. The smallest absolute Gasteiger partial charge is 0.356 e. The Hall–Kier alpha value is -3.70. The largest absolute Gasteiger partial charge is 0.461 e. The second-order valence-corrected chi connectivity index (χ2v) is 9.08. The van der Waals surface area contributed by atoms with E-state index in [-0.39, 0.29) is 18.4 Å². The van der Waals surface area contributed by atoms with E-state index in [2.05, 4.69) is 6.07 Å². The SMILES string of the molecule is CCOC(=O)c1c2sc(C(=O)c3ccccc3)c(-c3ccccc3)c2c2c(C)cc(C)cn12. The first kappa shape index (κ1) is 21.2. The number of ketones is 1.